The van der Waals surface area contributed by atoms with Crippen molar-refractivity contribution in [2.45, 2.75) is 26.2 Å². The summed E-state index contributed by atoms with van der Waals surface area (Å²) in [6.45, 7) is 0.645. The van der Waals surface area contributed by atoms with Crippen LogP contribution in [0.15, 0.2) is 71.7 Å². The van der Waals surface area contributed by atoms with Crippen molar-refractivity contribution < 1.29 is 14.2 Å². The van der Waals surface area contributed by atoms with Crippen LogP contribution in [0.1, 0.15) is 16.7 Å². The fourth-order valence-electron chi connectivity index (χ4n) is 2.60. The topological polar surface area (TPSA) is 51.5 Å². The second-order valence-electron chi connectivity index (χ2n) is 6.00. The maximum atomic E-state index is 13.6. The third-order valence-corrected chi connectivity index (χ3v) is 4.17. The Morgan fingerprint density at radius 2 is 1.73 bits per heavy atom. The summed E-state index contributed by atoms with van der Waals surface area (Å²) in [6, 6.07) is 17.2. The first-order chi connectivity index (χ1) is 12.7. The predicted octanol–water partition coefficient (Wildman–Crippen LogP) is 3.30. The number of halogens is 1. The number of aryl methyl sites for hydroxylation is 2. The predicted molar refractivity (Wildman–Crippen MR) is 97.5 cm³/mol. The standard InChI is InChI=1S/C21H20FNO3/c22-20-4-2-1-3-18(20)15-26-19-10-12-23(21(25)13-19)11-9-16-5-7-17(14-24)8-6-16/h1-8,10,12-13,24H,9,11,14-15H2. The summed E-state index contributed by atoms with van der Waals surface area (Å²) in [7, 11) is 0. The lowest BCUT2D eigenvalue weighted by atomic mass is 10.1. The summed E-state index contributed by atoms with van der Waals surface area (Å²) in [5.74, 6) is 0.0925. The Hall–Kier alpha value is -2.92. The zero-order valence-corrected chi connectivity index (χ0v) is 14.3. The Morgan fingerprint density at radius 3 is 2.42 bits per heavy atom. The van der Waals surface area contributed by atoms with Gasteiger partial charge >= 0.3 is 0 Å². The second-order valence-corrected chi connectivity index (χ2v) is 6.00. The Balaban J connectivity index is 1.60. The SMILES string of the molecule is O=c1cc(OCc2ccccc2F)ccn1CCc1ccc(CO)cc1. The number of hydrogen-bond acceptors (Lipinski definition) is 3. The van der Waals surface area contributed by atoms with Crippen LogP contribution in [0, 0.1) is 5.82 Å². The minimum Gasteiger partial charge on any atom is -0.489 e. The molecule has 1 aromatic heterocycles. The molecule has 0 aliphatic carbocycles. The van der Waals surface area contributed by atoms with E-state index in [4.69, 9.17) is 9.84 Å². The maximum Gasteiger partial charge on any atom is 0.254 e. The molecule has 0 bridgehead atoms. The molecule has 1 heterocycles. The summed E-state index contributed by atoms with van der Waals surface area (Å²) in [5, 5.41) is 9.05. The smallest absolute Gasteiger partial charge is 0.254 e. The second kappa shape index (κ2) is 8.45. The molecule has 3 rings (SSSR count). The molecule has 0 atom stereocenters. The molecule has 0 amide bonds. The fourth-order valence-corrected chi connectivity index (χ4v) is 2.60. The van der Waals surface area contributed by atoms with Crippen molar-refractivity contribution in [3.05, 3.63) is 99.7 Å². The van der Waals surface area contributed by atoms with Gasteiger partial charge in [0.25, 0.3) is 5.56 Å². The van der Waals surface area contributed by atoms with E-state index in [2.05, 4.69) is 0 Å². The van der Waals surface area contributed by atoms with E-state index in [-0.39, 0.29) is 24.6 Å². The number of aromatic nitrogens is 1. The van der Waals surface area contributed by atoms with Crippen LogP contribution < -0.4 is 10.3 Å². The molecule has 0 radical (unpaired) electrons. The van der Waals surface area contributed by atoms with Crippen molar-refractivity contribution in [3.8, 4) is 5.75 Å². The van der Waals surface area contributed by atoms with Crippen molar-refractivity contribution in [3.63, 3.8) is 0 Å². The molecule has 0 fully saturated rings. The molecule has 3 aromatic rings. The van der Waals surface area contributed by atoms with E-state index >= 15 is 0 Å². The number of nitrogens with zero attached hydrogens (tertiary/aromatic N) is 1. The number of aliphatic hydroxyl groups is 1. The van der Waals surface area contributed by atoms with Gasteiger partial charge in [0.05, 0.1) is 6.61 Å². The average molecular weight is 353 g/mol. The van der Waals surface area contributed by atoms with E-state index < -0.39 is 0 Å². The normalized spacial score (nSPS) is 10.7. The monoisotopic (exact) mass is 353 g/mol. The van der Waals surface area contributed by atoms with Crippen molar-refractivity contribution >= 4 is 0 Å². The highest BCUT2D eigenvalue weighted by Crippen LogP contribution is 2.13. The van der Waals surface area contributed by atoms with Crippen molar-refractivity contribution in [1.29, 1.82) is 0 Å². The highest BCUT2D eigenvalue weighted by Gasteiger charge is 2.04. The number of hydrogen-bond donors (Lipinski definition) is 1. The minimum absolute atomic E-state index is 0.0219. The summed E-state index contributed by atoms with van der Waals surface area (Å²) in [6.07, 6.45) is 2.39. The average Bonchev–Trinajstić information content (AvgIpc) is 2.67. The molecule has 4 nitrogen and oxygen atoms in total. The van der Waals surface area contributed by atoms with E-state index in [0.717, 1.165) is 11.1 Å². The van der Waals surface area contributed by atoms with Crippen LogP contribution in [0.4, 0.5) is 4.39 Å². The van der Waals surface area contributed by atoms with Gasteiger partial charge in [-0.3, -0.25) is 4.79 Å². The number of rotatable bonds is 7. The van der Waals surface area contributed by atoms with Crippen LogP contribution in [0.3, 0.4) is 0 Å². The Labute approximate surface area is 151 Å². The molecule has 0 saturated carbocycles. The molecule has 0 aliphatic heterocycles. The summed E-state index contributed by atoms with van der Waals surface area (Å²) < 4.78 is 20.7. The highest BCUT2D eigenvalue weighted by molar-refractivity contribution is 5.23. The van der Waals surface area contributed by atoms with Gasteiger partial charge in [0.15, 0.2) is 0 Å². The van der Waals surface area contributed by atoms with Gasteiger partial charge in [-0.25, -0.2) is 4.39 Å². The lowest BCUT2D eigenvalue weighted by Crippen LogP contribution is -2.19. The molecule has 134 valence electrons. The first-order valence-corrected chi connectivity index (χ1v) is 8.41. The Morgan fingerprint density at radius 1 is 1.00 bits per heavy atom. The molecule has 0 saturated heterocycles. The van der Waals surface area contributed by atoms with E-state index in [1.807, 2.05) is 24.3 Å². The third-order valence-electron chi connectivity index (χ3n) is 4.17. The van der Waals surface area contributed by atoms with E-state index in [1.165, 1.54) is 12.1 Å². The lowest BCUT2D eigenvalue weighted by Gasteiger charge is -2.10. The van der Waals surface area contributed by atoms with E-state index in [1.54, 1.807) is 35.0 Å². The Kier molecular flexibility index (Phi) is 5.81. The zero-order chi connectivity index (χ0) is 18.4. The van der Waals surface area contributed by atoms with Gasteiger partial charge in [-0.2, -0.15) is 0 Å². The van der Waals surface area contributed by atoms with Gasteiger partial charge in [-0.1, -0.05) is 42.5 Å². The van der Waals surface area contributed by atoms with Crippen LogP contribution in [0.25, 0.3) is 0 Å². The van der Waals surface area contributed by atoms with Gasteiger partial charge < -0.3 is 14.4 Å². The van der Waals surface area contributed by atoms with Crippen molar-refractivity contribution in [2.75, 3.05) is 0 Å². The van der Waals surface area contributed by atoms with Gasteiger partial charge in [0, 0.05) is 24.4 Å². The molecule has 5 heteroatoms. The van der Waals surface area contributed by atoms with E-state index in [0.29, 0.717) is 24.3 Å². The fraction of sp³-hybridized carbons (Fsp3) is 0.190. The molecule has 0 aliphatic rings. The van der Waals surface area contributed by atoms with Gasteiger partial charge in [0.2, 0.25) is 0 Å². The third kappa shape index (κ3) is 4.58. The van der Waals surface area contributed by atoms with Gasteiger partial charge in [-0.15, -0.1) is 0 Å². The molecule has 2 aromatic carbocycles. The maximum absolute atomic E-state index is 13.6. The molecule has 0 unspecified atom stereocenters. The summed E-state index contributed by atoms with van der Waals surface area (Å²) in [4.78, 5) is 12.2. The summed E-state index contributed by atoms with van der Waals surface area (Å²) >= 11 is 0. The Bertz CT molecular complexity index is 919. The van der Waals surface area contributed by atoms with Crippen LogP contribution in [0.2, 0.25) is 0 Å². The number of ether oxygens (including phenoxy) is 1. The zero-order valence-electron chi connectivity index (χ0n) is 14.3. The first kappa shape index (κ1) is 17.9. The lowest BCUT2D eigenvalue weighted by molar-refractivity contribution is 0.282. The molecule has 1 N–H and O–H groups in total. The quantitative estimate of drug-likeness (QED) is 0.709. The largest absolute Gasteiger partial charge is 0.489 e. The summed E-state index contributed by atoms with van der Waals surface area (Å²) in [5.41, 5.74) is 2.24. The number of benzene rings is 2. The minimum atomic E-state index is -0.326. The van der Waals surface area contributed by atoms with Crippen LogP contribution in [-0.4, -0.2) is 9.67 Å². The van der Waals surface area contributed by atoms with E-state index in [9.17, 15) is 9.18 Å². The number of aliphatic hydroxyl groups excluding tert-OH is 1. The van der Waals surface area contributed by atoms with Gasteiger partial charge in [-0.05, 0) is 29.7 Å². The van der Waals surface area contributed by atoms with Gasteiger partial charge in [0.1, 0.15) is 18.2 Å². The van der Waals surface area contributed by atoms with Crippen molar-refractivity contribution in [2.24, 2.45) is 0 Å². The van der Waals surface area contributed by atoms with Crippen LogP contribution >= 0.6 is 0 Å². The first-order valence-electron chi connectivity index (χ1n) is 8.41. The molecular formula is C21H20FNO3. The van der Waals surface area contributed by atoms with Crippen LogP contribution in [0.5, 0.6) is 5.75 Å². The van der Waals surface area contributed by atoms with Crippen molar-refractivity contribution in [1.82, 2.24) is 4.57 Å². The molecule has 26 heavy (non-hydrogen) atoms. The number of pyridine rings is 1. The molecular weight excluding hydrogens is 333 g/mol. The van der Waals surface area contributed by atoms with Crippen LogP contribution in [-0.2, 0) is 26.2 Å². The highest BCUT2D eigenvalue weighted by atomic mass is 19.1. The molecule has 0 spiro atoms.